The molecule has 2 aromatic rings. The van der Waals surface area contributed by atoms with Crippen molar-refractivity contribution >= 4 is 11.9 Å². The summed E-state index contributed by atoms with van der Waals surface area (Å²) in [7, 11) is 0. The number of Topliss-reactive ketones (excluding diaryl/α,β-unsaturated/α-hetero) is 1. The maximum Gasteiger partial charge on any atom is 0.232 e. The molecule has 5 nitrogen and oxygen atoms in total. The Hall–Kier alpha value is -2.53. The molecule has 1 aliphatic heterocycles. The molecule has 0 radical (unpaired) electrons. The number of furan rings is 1. The first-order chi connectivity index (χ1) is 11.5. The fraction of sp³-hybridized carbons (Fsp3) is 0.316. The lowest BCUT2D eigenvalue weighted by Gasteiger charge is -2.20. The molecular weight excluding hydrogens is 306 g/mol. The Bertz CT molecular complexity index is 786. The predicted molar refractivity (Wildman–Crippen MR) is 91.1 cm³/mol. The molecule has 0 unspecified atom stereocenters. The first-order valence-corrected chi connectivity index (χ1v) is 8.10. The number of benzene rings is 1. The van der Waals surface area contributed by atoms with E-state index in [2.05, 4.69) is 18.7 Å². The predicted octanol–water partition coefficient (Wildman–Crippen LogP) is 3.75. The summed E-state index contributed by atoms with van der Waals surface area (Å²) < 4.78 is 11.1. The number of allylic oxidation sites excluding steroid dienone is 1. The van der Waals surface area contributed by atoms with E-state index in [0.29, 0.717) is 34.7 Å². The zero-order chi connectivity index (χ0) is 17.3. The molecule has 1 aromatic carbocycles. The van der Waals surface area contributed by atoms with Crippen LogP contribution in [-0.4, -0.2) is 28.9 Å². The lowest BCUT2D eigenvalue weighted by atomic mass is 9.99. The summed E-state index contributed by atoms with van der Waals surface area (Å²) in [5, 5.41) is 10.4. The largest absolute Gasteiger partial charge is 0.507 e. The number of aryl methyl sites for hydroxylation is 1. The van der Waals surface area contributed by atoms with Crippen LogP contribution in [0, 0.1) is 6.92 Å². The quantitative estimate of drug-likeness (QED) is 0.847. The number of hydrogen-bond donors (Lipinski definition) is 1. The lowest BCUT2D eigenvalue weighted by Crippen LogP contribution is -2.22. The number of rotatable bonds is 5. The molecule has 0 saturated carbocycles. The molecule has 1 N–H and O–H groups in total. The molecule has 1 aliphatic rings. The van der Waals surface area contributed by atoms with Crippen molar-refractivity contribution in [2.45, 2.75) is 27.3 Å². The third-order valence-electron chi connectivity index (χ3n) is 4.31. The average molecular weight is 327 g/mol. The molecule has 1 aromatic heterocycles. The molecule has 0 fully saturated rings. The summed E-state index contributed by atoms with van der Waals surface area (Å²) in [6.45, 7) is 8.15. The summed E-state index contributed by atoms with van der Waals surface area (Å²) in [6, 6.07) is 5.14. The van der Waals surface area contributed by atoms with Crippen molar-refractivity contribution in [2.75, 3.05) is 13.1 Å². The van der Waals surface area contributed by atoms with Gasteiger partial charge in [-0.15, -0.1) is 0 Å². The van der Waals surface area contributed by atoms with Crippen LogP contribution in [0.3, 0.4) is 0 Å². The number of phenolic OH excluding ortho intramolecular Hbond substituents is 1. The van der Waals surface area contributed by atoms with Crippen LogP contribution in [-0.2, 0) is 6.54 Å². The molecule has 5 heteroatoms. The highest BCUT2D eigenvalue weighted by molar-refractivity contribution is 6.15. The van der Waals surface area contributed by atoms with Gasteiger partial charge in [0.25, 0.3) is 0 Å². The number of ketones is 1. The van der Waals surface area contributed by atoms with E-state index in [1.165, 1.54) is 0 Å². The molecule has 0 spiro atoms. The Morgan fingerprint density at radius 1 is 1.29 bits per heavy atom. The van der Waals surface area contributed by atoms with E-state index in [-0.39, 0.29) is 17.3 Å². The second-order valence-corrected chi connectivity index (χ2v) is 5.81. The number of ether oxygens (including phenoxy) is 1. The van der Waals surface area contributed by atoms with Crippen molar-refractivity contribution in [3.05, 3.63) is 52.7 Å². The van der Waals surface area contributed by atoms with E-state index < -0.39 is 0 Å². The van der Waals surface area contributed by atoms with E-state index in [0.717, 1.165) is 13.1 Å². The van der Waals surface area contributed by atoms with Gasteiger partial charge in [-0.3, -0.25) is 9.69 Å². The molecule has 0 aliphatic carbocycles. The zero-order valence-electron chi connectivity index (χ0n) is 14.1. The Morgan fingerprint density at radius 2 is 2.04 bits per heavy atom. The van der Waals surface area contributed by atoms with E-state index in [4.69, 9.17) is 9.15 Å². The molecule has 126 valence electrons. The van der Waals surface area contributed by atoms with E-state index in [1.54, 1.807) is 37.5 Å². The maximum atomic E-state index is 12.7. The fourth-order valence-electron chi connectivity index (χ4n) is 2.91. The van der Waals surface area contributed by atoms with Gasteiger partial charge in [0.05, 0.1) is 17.4 Å². The summed E-state index contributed by atoms with van der Waals surface area (Å²) in [5.74, 6) is 1.21. The van der Waals surface area contributed by atoms with Gasteiger partial charge in [0, 0.05) is 12.6 Å². The van der Waals surface area contributed by atoms with Crippen LogP contribution < -0.4 is 4.74 Å². The Kier molecular flexibility index (Phi) is 4.44. The van der Waals surface area contributed by atoms with Gasteiger partial charge in [-0.1, -0.05) is 13.8 Å². The highest BCUT2D eigenvalue weighted by atomic mass is 16.5. The summed E-state index contributed by atoms with van der Waals surface area (Å²) in [6.07, 6.45) is 3.13. The highest BCUT2D eigenvalue weighted by Crippen LogP contribution is 2.42. The van der Waals surface area contributed by atoms with Gasteiger partial charge in [0.15, 0.2) is 5.76 Å². The first kappa shape index (κ1) is 16.3. The third-order valence-corrected chi connectivity index (χ3v) is 4.31. The number of fused-ring (bicyclic) bond motifs is 1. The summed E-state index contributed by atoms with van der Waals surface area (Å²) in [4.78, 5) is 14.9. The SMILES string of the molecule is CCN(CC)Cc1c(O)cc(C)c2c1O/C(=C\c1ccco1)C2=O. The van der Waals surface area contributed by atoms with Gasteiger partial charge in [-0.05, 0) is 43.8 Å². The van der Waals surface area contributed by atoms with Crippen LogP contribution in [0.4, 0.5) is 0 Å². The van der Waals surface area contributed by atoms with Crippen molar-refractivity contribution in [3.63, 3.8) is 0 Å². The lowest BCUT2D eigenvalue weighted by molar-refractivity contribution is 0.101. The Balaban J connectivity index is 2.04. The molecule has 0 saturated heterocycles. The number of phenols is 1. The number of carbonyl (C=O) groups excluding carboxylic acids is 1. The molecule has 24 heavy (non-hydrogen) atoms. The van der Waals surface area contributed by atoms with Crippen LogP contribution in [0.5, 0.6) is 11.5 Å². The van der Waals surface area contributed by atoms with Crippen molar-refractivity contribution in [1.82, 2.24) is 4.90 Å². The van der Waals surface area contributed by atoms with Gasteiger partial charge in [-0.25, -0.2) is 0 Å². The first-order valence-electron chi connectivity index (χ1n) is 8.10. The molecule has 0 amide bonds. The minimum atomic E-state index is -0.181. The molecule has 0 atom stereocenters. The maximum absolute atomic E-state index is 12.7. The zero-order valence-corrected chi connectivity index (χ0v) is 14.1. The smallest absolute Gasteiger partial charge is 0.232 e. The minimum Gasteiger partial charge on any atom is -0.507 e. The topological polar surface area (TPSA) is 62.9 Å². The molecule has 2 heterocycles. The van der Waals surface area contributed by atoms with E-state index >= 15 is 0 Å². The van der Waals surface area contributed by atoms with Crippen molar-refractivity contribution in [1.29, 1.82) is 0 Å². The standard InChI is InChI=1S/C19H21NO4/c1-4-20(5-2)11-14-15(21)9-12(3)17-18(22)16(24-19(14)17)10-13-7-6-8-23-13/h6-10,21H,4-5,11H2,1-3H3/b16-10-. The normalized spacial score (nSPS) is 15.2. The molecular formula is C19H21NO4. The highest BCUT2D eigenvalue weighted by Gasteiger charge is 2.33. The van der Waals surface area contributed by atoms with Gasteiger partial charge in [-0.2, -0.15) is 0 Å². The number of aromatic hydroxyl groups is 1. The number of nitrogens with zero attached hydrogens (tertiary/aromatic N) is 1. The van der Waals surface area contributed by atoms with E-state index in [1.807, 2.05) is 0 Å². The van der Waals surface area contributed by atoms with Crippen LogP contribution in [0.1, 0.15) is 41.1 Å². The average Bonchev–Trinajstić information content (AvgIpc) is 3.17. The monoisotopic (exact) mass is 327 g/mol. The second-order valence-electron chi connectivity index (χ2n) is 5.81. The fourth-order valence-corrected chi connectivity index (χ4v) is 2.91. The third kappa shape index (κ3) is 2.83. The Labute approximate surface area is 141 Å². The van der Waals surface area contributed by atoms with E-state index in [9.17, 15) is 9.90 Å². The van der Waals surface area contributed by atoms with Crippen LogP contribution in [0.15, 0.2) is 34.6 Å². The molecule has 0 bridgehead atoms. The number of carbonyl (C=O) groups is 1. The van der Waals surface area contributed by atoms with Gasteiger partial charge in [0.2, 0.25) is 5.78 Å². The van der Waals surface area contributed by atoms with Crippen LogP contribution >= 0.6 is 0 Å². The van der Waals surface area contributed by atoms with Crippen LogP contribution in [0.2, 0.25) is 0 Å². The van der Waals surface area contributed by atoms with Gasteiger partial charge >= 0.3 is 0 Å². The second kappa shape index (κ2) is 6.53. The Morgan fingerprint density at radius 3 is 2.67 bits per heavy atom. The van der Waals surface area contributed by atoms with Gasteiger partial charge in [0.1, 0.15) is 17.3 Å². The minimum absolute atomic E-state index is 0.158. The van der Waals surface area contributed by atoms with Crippen molar-refractivity contribution in [2.24, 2.45) is 0 Å². The van der Waals surface area contributed by atoms with Gasteiger partial charge < -0.3 is 14.3 Å². The van der Waals surface area contributed by atoms with Crippen molar-refractivity contribution < 1.29 is 19.1 Å². The summed E-state index contributed by atoms with van der Waals surface area (Å²) in [5.41, 5.74) is 1.88. The van der Waals surface area contributed by atoms with Crippen molar-refractivity contribution in [3.8, 4) is 11.5 Å². The molecule has 3 rings (SSSR count). The van der Waals surface area contributed by atoms with Crippen LogP contribution in [0.25, 0.3) is 6.08 Å². The summed E-state index contributed by atoms with van der Waals surface area (Å²) >= 11 is 0. The number of hydrogen-bond acceptors (Lipinski definition) is 5.